The van der Waals surface area contributed by atoms with E-state index in [4.69, 9.17) is 16.6 Å². The van der Waals surface area contributed by atoms with Crippen LogP contribution in [0.4, 0.5) is 0 Å². The Kier molecular flexibility index (Phi) is 2.67. The van der Waals surface area contributed by atoms with Crippen LogP contribution in [0.25, 0.3) is 6.08 Å². The Morgan fingerprint density at radius 1 is 1.53 bits per heavy atom. The van der Waals surface area contributed by atoms with Gasteiger partial charge in [-0.05, 0) is 26.0 Å². The molecule has 1 aromatic heterocycles. The Hall–Kier alpha value is -1.07. The molecule has 3 nitrogen and oxygen atoms in total. The zero-order valence-corrected chi connectivity index (χ0v) is 9.92. The summed E-state index contributed by atoms with van der Waals surface area (Å²) in [7, 11) is 0. The summed E-state index contributed by atoms with van der Waals surface area (Å²) in [4.78, 5) is 12.0. The first-order valence-electron chi connectivity index (χ1n) is 4.38. The van der Waals surface area contributed by atoms with Crippen molar-refractivity contribution in [3.8, 4) is 0 Å². The van der Waals surface area contributed by atoms with Crippen molar-refractivity contribution < 1.29 is 9.21 Å². The van der Waals surface area contributed by atoms with E-state index in [9.17, 15) is 4.79 Å². The minimum absolute atomic E-state index is 0.136. The predicted molar refractivity (Wildman–Crippen MR) is 64.5 cm³/mol. The van der Waals surface area contributed by atoms with Gasteiger partial charge in [-0.2, -0.15) is 0 Å². The molecule has 15 heavy (non-hydrogen) atoms. The van der Waals surface area contributed by atoms with Gasteiger partial charge in [-0.1, -0.05) is 24.0 Å². The fraction of sp³-hybridized carbons (Fsp3) is 0.200. The number of carbonyl (C=O) groups excluding carboxylic acids is 1. The van der Waals surface area contributed by atoms with E-state index >= 15 is 0 Å². The van der Waals surface area contributed by atoms with Gasteiger partial charge in [0.05, 0.1) is 4.91 Å². The molecule has 0 bridgehead atoms. The third kappa shape index (κ3) is 2.13. The third-order valence-corrected chi connectivity index (χ3v) is 3.17. The summed E-state index contributed by atoms with van der Waals surface area (Å²) >= 11 is 6.17. The molecule has 0 aromatic carbocycles. The minimum atomic E-state index is -0.136. The molecule has 0 spiro atoms. The highest BCUT2D eigenvalue weighted by Gasteiger charge is 2.22. The van der Waals surface area contributed by atoms with Crippen LogP contribution in [0.5, 0.6) is 0 Å². The number of hydrogen-bond acceptors (Lipinski definition) is 4. The summed E-state index contributed by atoms with van der Waals surface area (Å²) in [6.07, 6.45) is 1.80. The molecular weight excluding hydrogens is 230 g/mol. The maximum Gasteiger partial charge on any atom is 0.263 e. The average molecular weight is 239 g/mol. The summed E-state index contributed by atoms with van der Waals surface area (Å²) in [5.74, 6) is 1.51. The summed E-state index contributed by atoms with van der Waals surface area (Å²) in [6, 6.07) is 1.90. The van der Waals surface area contributed by atoms with Gasteiger partial charge in [0.1, 0.15) is 15.8 Å². The molecule has 1 aliphatic heterocycles. The van der Waals surface area contributed by atoms with Crippen LogP contribution in [0.2, 0.25) is 0 Å². The zero-order chi connectivity index (χ0) is 11.0. The molecule has 1 fully saturated rings. The number of thioether (sulfide) groups is 1. The van der Waals surface area contributed by atoms with Crippen molar-refractivity contribution in [3.63, 3.8) is 0 Å². The second-order valence-electron chi connectivity index (χ2n) is 3.22. The molecule has 1 amide bonds. The van der Waals surface area contributed by atoms with E-state index in [2.05, 4.69) is 5.32 Å². The van der Waals surface area contributed by atoms with Crippen molar-refractivity contribution in [2.75, 3.05) is 0 Å². The first-order valence-corrected chi connectivity index (χ1v) is 5.60. The van der Waals surface area contributed by atoms with Gasteiger partial charge < -0.3 is 9.73 Å². The molecule has 1 aliphatic rings. The highest BCUT2D eigenvalue weighted by molar-refractivity contribution is 8.26. The number of rotatable bonds is 1. The molecule has 5 heteroatoms. The van der Waals surface area contributed by atoms with Crippen molar-refractivity contribution in [1.82, 2.24) is 5.32 Å². The van der Waals surface area contributed by atoms with Crippen molar-refractivity contribution in [1.29, 1.82) is 0 Å². The minimum Gasteiger partial charge on any atom is -0.466 e. The van der Waals surface area contributed by atoms with Crippen molar-refractivity contribution in [2.24, 2.45) is 0 Å². The van der Waals surface area contributed by atoms with Gasteiger partial charge in [-0.15, -0.1) is 0 Å². The highest BCUT2D eigenvalue weighted by Crippen LogP contribution is 2.27. The SMILES string of the molecule is Cc1cc(/C=C2/SC(=S)NC2=O)c(C)o1. The van der Waals surface area contributed by atoms with Gasteiger partial charge in [0, 0.05) is 5.56 Å². The lowest BCUT2D eigenvalue weighted by Crippen LogP contribution is -2.17. The standard InChI is InChI=1S/C10H9NO2S2/c1-5-3-7(6(2)13-5)4-8-9(12)11-10(14)15-8/h3-4H,1-2H3,(H,11,12,14)/b8-4+. The van der Waals surface area contributed by atoms with E-state index in [0.717, 1.165) is 17.1 Å². The number of furan rings is 1. The van der Waals surface area contributed by atoms with E-state index in [1.807, 2.05) is 19.9 Å². The molecule has 2 rings (SSSR count). The molecule has 1 N–H and O–H groups in total. The van der Waals surface area contributed by atoms with Crippen molar-refractivity contribution in [3.05, 3.63) is 28.1 Å². The normalized spacial score (nSPS) is 18.7. The number of amides is 1. The van der Waals surface area contributed by atoms with E-state index in [1.165, 1.54) is 11.8 Å². The quantitative estimate of drug-likeness (QED) is 0.603. The van der Waals surface area contributed by atoms with Gasteiger partial charge in [0.15, 0.2) is 0 Å². The summed E-state index contributed by atoms with van der Waals surface area (Å²) < 4.78 is 5.87. The molecule has 2 heterocycles. The fourth-order valence-corrected chi connectivity index (χ4v) is 2.39. The summed E-state index contributed by atoms with van der Waals surface area (Å²) in [5.41, 5.74) is 0.926. The van der Waals surface area contributed by atoms with Crippen molar-refractivity contribution >= 4 is 40.3 Å². The van der Waals surface area contributed by atoms with Crippen LogP contribution in [-0.4, -0.2) is 10.2 Å². The number of nitrogens with one attached hydrogen (secondary N) is 1. The lowest BCUT2D eigenvalue weighted by atomic mass is 10.2. The fourth-order valence-electron chi connectivity index (χ4n) is 1.36. The number of thiocarbonyl (C=S) groups is 1. The Bertz CT molecular complexity index is 474. The van der Waals surface area contributed by atoms with Gasteiger partial charge >= 0.3 is 0 Å². The molecule has 0 radical (unpaired) electrons. The molecule has 0 aliphatic carbocycles. The van der Waals surface area contributed by atoms with Crippen LogP contribution in [0.3, 0.4) is 0 Å². The molecule has 0 saturated carbocycles. The Morgan fingerprint density at radius 2 is 2.27 bits per heavy atom. The first-order chi connectivity index (χ1) is 7.06. The van der Waals surface area contributed by atoms with Gasteiger partial charge in [0.25, 0.3) is 5.91 Å². The Labute approximate surface area is 96.9 Å². The smallest absolute Gasteiger partial charge is 0.263 e. The maximum atomic E-state index is 11.4. The topological polar surface area (TPSA) is 42.2 Å². The molecule has 1 aromatic rings. The zero-order valence-electron chi connectivity index (χ0n) is 8.29. The Morgan fingerprint density at radius 3 is 2.73 bits per heavy atom. The first kappa shape index (κ1) is 10.4. The second kappa shape index (κ2) is 3.83. The van der Waals surface area contributed by atoms with E-state index in [1.54, 1.807) is 6.08 Å². The van der Waals surface area contributed by atoms with Crippen molar-refractivity contribution in [2.45, 2.75) is 13.8 Å². The average Bonchev–Trinajstić information content (AvgIpc) is 2.58. The van der Waals surface area contributed by atoms with Gasteiger partial charge in [-0.3, -0.25) is 4.79 Å². The van der Waals surface area contributed by atoms with Crippen LogP contribution >= 0.6 is 24.0 Å². The van der Waals surface area contributed by atoms with E-state index < -0.39 is 0 Å². The van der Waals surface area contributed by atoms with Gasteiger partial charge in [-0.25, -0.2) is 0 Å². The van der Waals surface area contributed by atoms with Crippen LogP contribution in [0, 0.1) is 13.8 Å². The third-order valence-electron chi connectivity index (χ3n) is 2.01. The van der Waals surface area contributed by atoms with Gasteiger partial charge in [0.2, 0.25) is 0 Å². The van der Waals surface area contributed by atoms with E-state index in [0.29, 0.717) is 9.23 Å². The largest absolute Gasteiger partial charge is 0.466 e. The summed E-state index contributed by atoms with van der Waals surface area (Å²) in [6.45, 7) is 3.75. The van der Waals surface area contributed by atoms with Crippen LogP contribution in [0.1, 0.15) is 17.1 Å². The van der Waals surface area contributed by atoms with Crippen LogP contribution in [0.15, 0.2) is 15.4 Å². The molecule has 1 saturated heterocycles. The monoisotopic (exact) mass is 239 g/mol. The highest BCUT2D eigenvalue weighted by atomic mass is 32.2. The lowest BCUT2D eigenvalue weighted by molar-refractivity contribution is -0.115. The molecule has 0 unspecified atom stereocenters. The predicted octanol–water partition coefficient (Wildman–Crippen LogP) is 2.39. The summed E-state index contributed by atoms with van der Waals surface area (Å²) in [5, 5.41) is 2.57. The number of hydrogen-bond donors (Lipinski definition) is 1. The molecule has 78 valence electrons. The van der Waals surface area contributed by atoms with Crippen LogP contribution in [-0.2, 0) is 4.79 Å². The Balaban J connectivity index is 2.34. The molecular formula is C10H9NO2S2. The van der Waals surface area contributed by atoms with E-state index in [-0.39, 0.29) is 5.91 Å². The maximum absolute atomic E-state index is 11.4. The molecule has 0 atom stereocenters. The van der Waals surface area contributed by atoms with Crippen LogP contribution < -0.4 is 5.32 Å². The second-order valence-corrected chi connectivity index (χ2v) is 4.94. The number of aryl methyl sites for hydroxylation is 2. The lowest BCUT2D eigenvalue weighted by Gasteiger charge is -1.90. The number of carbonyl (C=O) groups is 1.